The molecule has 1 aliphatic rings. The van der Waals surface area contributed by atoms with E-state index in [2.05, 4.69) is 0 Å². The van der Waals surface area contributed by atoms with Crippen LogP contribution in [0.4, 0.5) is 0 Å². The minimum absolute atomic E-state index is 0.0368. The zero-order valence-electron chi connectivity index (χ0n) is 9.56. The summed E-state index contributed by atoms with van der Waals surface area (Å²) in [7, 11) is 0. The topological polar surface area (TPSA) is 57.5 Å². The second kappa shape index (κ2) is 4.31. The zero-order chi connectivity index (χ0) is 12.6. The van der Waals surface area contributed by atoms with Gasteiger partial charge in [0.2, 0.25) is 0 Å². The van der Waals surface area contributed by atoms with Gasteiger partial charge in [-0.05, 0) is 43.4 Å². The van der Waals surface area contributed by atoms with Gasteiger partial charge in [-0.15, -0.1) is 0 Å². The predicted octanol–water partition coefficient (Wildman–Crippen LogP) is 2.66. The lowest BCUT2D eigenvalue weighted by Gasteiger charge is -2.32. The molecule has 17 heavy (non-hydrogen) atoms. The van der Waals surface area contributed by atoms with Crippen molar-refractivity contribution >= 4 is 17.6 Å². The molecule has 0 heterocycles. The molecule has 1 saturated carbocycles. The van der Waals surface area contributed by atoms with E-state index in [1.807, 2.05) is 0 Å². The minimum atomic E-state index is -1.28. The molecule has 1 fully saturated rings. The summed E-state index contributed by atoms with van der Waals surface area (Å²) in [6.45, 7) is 1.55. The summed E-state index contributed by atoms with van der Waals surface area (Å²) < 4.78 is 0. The molecule has 0 spiro atoms. The smallest absolute Gasteiger partial charge is 0.309 e. The number of aliphatic carboxylic acids is 1. The summed E-state index contributed by atoms with van der Waals surface area (Å²) in [5.74, 6) is -1.76. The fraction of sp³-hybridized carbons (Fsp3) is 0.462. The monoisotopic (exact) mass is 254 g/mol. The molecule has 0 amide bonds. The highest BCUT2D eigenvalue weighted by molar-refractivity contribution is 6.30. The first-order chi connectivity index (χ1) is 7.96. The molecule has 1 aliphatic carbocycles. The Bertz CT molecular complexity index is 425. The number of halogens is 1. The van der Waals surface area contributed by atoms with Gasteiger partial charge in [0.1, 0.15) is 5.60 Å². The van der Waals surface area contributed by atoms with Crippen LogP contribution in [0, 0.1) is 11.8 Å². The van der Waals surface area contributed by atoms with Crippen molar-refractivity contribution in [2.24, 2.45) is 11.8 Å². The Kier molecular flexibility index (Phi) is 3.15. The van der Waals surface area contributed by atoms with Gasteiger partial charge >= 0.3 is 5.97 Å². The molecule has 1 aromatic rings. The van der Waals surface area contributed by atoms with Gasteiger partial charge in [0, 0.05) is 5.02 Å². The summed E-state index contributed by atoms with van der Waals surface area (Å²) in [5.41, 5.74) is -0.643. The molecule has 1 aromatic carbocycles. The number of rotatable bonds is 4. The van der Waals surface area contributed by atoms with Crippen LogP contribution in [0.15, 0.2) is 24.3 Å². The molecule has 0 saturated heterocycles. The molecular weight excluding hydrogens is 240 g/mol. The molecule has 92 valence electrons. The third-order valence-corrected chi connectivity index (χ3v) is 3.79. The SMILES string of the molecule is CC(C(=O)O)C(O)(c1ccc(Cl)cc1)C1CC1. The van der Waals surface area contributed by atoms with Gasteiger partial charge in [-0.2, -0.15) is 0 Å². The maximum Gasteiger partial charge on any atom is 0.309 e. The van der Waals surface area contributed by atoms with Crippen LogP contribution in [0.25, 0.3) is 0 Å². The van der Waals surface area contributed by atoms with Crippen LogP contribution < -0.4 is 0 Å². The van der Waals surface area contributed by atoms with E-state index in [1.165, 1.54) is 0 Å². The number of carbonyl (C=O) groups is 1. The zero-order valence-corrected chi connectivity index (χ0v) is 10.3. The Labute approximate surface area is 105 Å². The van der Waals surface area contributed by atoms with E-state index in [0.29, 0.717) is 10.6 Å². The number of aliphatic hydroxyl groups is 1. The van der Waals surface area contributed by atoms with Crippen molar-refractivity contribution in [3.8, 4) is 0 Å². The first-order valence-corrected chi connectivity index (χ1v) is 6.05. The Balaban J connectivity index is 2.40. The molecule has 2 unspecified atom stereocenters. The van der Waals surface area contributed by atoms with Gasteiger partial charge in [-0.25, -0.2) is 0 Å². The van der Waals surface area contributed by atoms with Gasteiger partial charge in [0.15, 0.2) is 0 Å². The Morgan fingerprint density at radius 1 is 1.41 bits per heavy atom. The van der Waals surface area contributed by atoms with E-state index in [9.17, 15) is 9.90 Å². The quantitative estimate of drug-likeness (QED) is 0.869. The first-order valence-electron chi connectivity index (χ1n) is 5.67. The lowest BCUT2D eigenvalue weighted by atomic mass is 9.78. The summed E-state index contributed by atoms with van der Waals surface area (Å²) in [6, 6.07) is 6.78. The molecule has 4 heteroatoms. The third-order valence-electron chi connectivity index (χ3n) is 3.54. The van der Waals surface area contributed by atoms with Gasteiger partial charge in [0.25, 0.3) is 0 Å². The third kappa shape index (κ3) is 2.17. The highest BCUT2D eigenvalue weighted by atomic mass is 35.5. The van der Waals surface area contributed by atoms with Crippen molar-refractivity contribution in [3.05, 3.63) is 34.9 Å². The fourth-order valence-electron chi connectivity index (χ4n) is 2.27. The van der Waals surface area contributed by atoms with E-state index in [0.717, 1.165) is 12.8 Å². The number of benzene rings is 1. The number of hydrogen-bond donors (Lipinski definition) is 2. The molecule has 0 aromatic heterocycles. The molecule has 2 N–H and O–H groups in total. The Morgan fingerprint density at radius 2 is 1.94 bits per heavy atom. The average molecular weight is 255 g/mol. The fourth-order valence-corrected chi connectivity index (χ4v) is 2.39. The molecule has 2 atom stereocenters. The van der Waals surface area contributed by atoms with Gasteiger partial charge in [-0.1, -0.05) is 23.7 Å². The molecule has 0 aliphatic heterocycles. The van der Waals surface area contributed by atoms with Gasteiger partial charge < -0.3 is 10.2 Å². The van der Waals surface area contributed by atoms with E-state index in [1.54, 1.807) is 31.2 Å². The number of carboxylic acid groups (broad SMARTS) is 1. The van der Waals surface area contributed by atoms with E-state index >= 15 is 0 Å². The van der Waals surface area contributed by atoms with Crippen LogP contribution >= 0.6 is 11.6 Å². The lowest BCUT2D eigenvalue weighted by Crippen LogP contribution is -2.40. The first kappa shape index (κ1) is 12.4. The molecule has 0 bridgehead atoms. The van der Waals surface area contributed by atoms with E-state index in [4.69, 9.17) is 16.7 Å². The van der Waals surface area contributed by atoms with Crippen LogP contribution in [-0.4, -0.2) is 16.2 Å². The molecule has 0 radical (unpaired) electrons. The normalized spacial score (nSPS) is 20.6. The minimum Gasteiger partial charge on any atom is -0.481 e. The van der Waals surface area contributed by atoms with E-state index in [-0.39, 0.29) is 5.92 Å². The average Bonchev–Trinajstić information content (AvgIpc) is 3.12. The Morgan fingerprint density at radius 3 is 2.35 bits per heavy atom. The highest BCUT2D eigenvalue weighted by Crippen LogP contribution is 2.50. The second-order valence-corrected chi connectivity index (χ2v) is 5.10. The largest absolute Gasteiger partial charge is 0.481 e. The molecular formula is C13H15ClO3. The van der Waals surface area contributed by atoms with Crippen molar-refractivity contribution < 1.29 is 15.0 Å². The van der Waals surface area contributed by atoms with E-state index < -0.39 is 17.5 Å². The van der Waals surface area contributed by atoms with Gasteiger partial charge in [0.05, 0.1) is 5.92 Å². The Hall–Kier alpha value is -1.06. The van der Waals surface area contributed by atoms with Crippen LogP contribution in [0.3, 0.4) is 0 Å². The lowest BCUT2D eigenvalue weighted by molar-refractivity contribution is -0.153. The highest BCUT2D eigenvalue weighted by Gasteiger charge is 2.51. The van der Waals surface area contributed by atoms with Crippen molar-refractivity contribution in [1.82, 2.24) is 0 Å². The van der Waals surface area contributed by atoms with Crippen molar-refractivity contribution in [3.63, 3.8) is 0 Å². The molecule has 3 nitrogen and oxygen atoms in total. The van der Waals surface area contributed by atoms with Gasteiger partial charge in [-0.3, -0.25) is 4.79 Å². The van der Waals surface area contributed by atoms with Crippen molar-refractivity contribution in [1.29, 1.82) is 0 Å². The van der Waals surface area contributed by atoms with Crippen LogP contribution in [0.2, 0.25) is 5.02 Å². The summed E-state index contributed by atoms with van der Waals surface area (Å²) in [4.78, 5) is 11.1. The van der Waals surface area contributed by atoms with Crippen LogP contribution in [0.1, 0.15) is 25.3 Å². The number of hydrogen-bond acceptors (Lipinski definition) is 2. The molecule has 2 rings (SSSR count). The summed E-state index contributed by atoms with van der Waals surface area (Å²) in [6.07, 6.45) is 1.74. The second-order valence-electron chi connectivity index (χ2n) is 4.67. The number of carboxylic acids is 1. The van der Waals surface area contributed by atoms with Crippen LogP contribution in [0.5, 0.6) is 0 Å². The summed E-state index contributed by atoms with van der Waals surface area (Å²) in [5, 5.41) is 20.4. The summed E-state index contributed by atoms with van der Waals surface area (Å²) >= 11 is 5.80. The van der Waals surface area contributed by atoms with Crippen LogP contribution in [-0.2, 0) is 10.4 Å². The predicted molar refractivity (Wildman–Crippen MR) is 64.9 cm³/mol. The standard InChI is InChI=1S/C13H15ClO3/c1-8(12(15)16)13(17,9-2-3-9)10-4-6-11(14)7-5-10/h4-9,17H,2-3H2,1H3,(H,15,16). The maximum absolute atomic E-state index is 11.1. The maximum atomic E-state index is 11.1. The van der Waals surface area contributed by atoms with Crippen molar-refractivity contribution in [2.45, 2.75) is 25.4 Å². The van der Waals surface area contributed by atoms with Crippen molar-refractivity contribution in [2.75, 3.05) is 0 Å².